The van der Waals surface area contributed by atoms with Gasteiger partial charge in [0.05, 0.1) is 12.6 Å². The summed E-state index contributed by atoms with van der Waals surface area (Å²) >= 11 is 0. The van der Waals surface area contributed by atoms with Crippen LogP contribution in [0.25, 0.3) is 0 Å². The van der Waals surface area contributed by atoms with E-state index in [0.29, 0.717) is 0 Å². The topological polar surface area (TPSA) is 29.5 Å². The summed E-state index contributed by atoms with van der Waals surface area (Å²) < 4.78 is 44.9. The third kappa shape index (κ3) is 3.43. The predicted octanol–water partition coefficient (Wildman–Crippen LogP) is 3.41. The van der Waals surface area contributed by atoms with Crippen LogP contribution in [0.15, 0.2) is 24.3 Å². The van der Waals surface area contributed by atoms with Crippen molar-refractivity contribution in [2.24, 2.45) is 5.41 Å². The second kappa shape index (κ2) is 6.28. The van der Waals surface area contributed by atoms with Crippen LogP contribution in [0, 0.1) is 11.2 Å². The lowest BCUT2D eigenvalue weighted by Gasteiger charge is -2.40. The van der Waals surface area contributed by atoms with Crippen LogP contribution in [0.5, 0.6) is 0 Å². The molecule has 0 bridgehead atoms. The molecule has 22 heavy (non-hydrogen) atoms. The Morgan fingerprint density at radius 1 is 1.27 bits per heavy atom. The highest BCUT2D eigenvalue weighted by molar-refractivity contribution is 5.82. The van der Waals surface area contributed by atoms with Crippen LogP contribution < -0.4 is 0 Å². The van der Waals surface area contributed by atoms with Gasteiger partial charge in [0, 0.05) is 6.54 Å². The second-order valence-electron chi connectivity index (χ2n) is 6.22. The molecule has 1 aliphatic heterocycles. The Kier molecular flexibility index (Phi) is 4.80. The maximum Gasteiger partial charge on any atom is 0.252 e. The highest BCUT2D eigenvalue weighted by Crippen LogP contribution is 2.32. The fraction of sp³-hybridized carbons (Fsp3) is 0.562. The minimum atomic E-state index is -2.73. The molecule has 1 saturated heterocycles. The highest BCUT2D eigenvalue weighted by Gasteiger charge is 2.42. The monoisotopic (exact) mass is 315 g/mol. The van der Waals surface area contributed by atoms with Crippen molar-refractivity contribution in [3.63, 3.8) is 0 Å². The highest BCUT2D eigenvalue weighted by atomic mass is 19.3. The van der Waals surface area contributed by atoms with E-state index in [2.05, 4.69) is 0 Å². The molecule has 1 aromatic carbocycles. The van der Waals surface area contributed by atoms with Gasteiger partial charge in [-0.25, -0.2) is 13.2 Å². The van der Waals surface area contributed by atoms with Crippen molar-refractivity contribution >= 4 is 5.91 Å². The minimum absolute atomic E-state index is 0.185. The standard InChI is InChI=1S/C16H20F3NO2/c1-10-8-20(15(21)16(2,3)14(18)19)9-13(22-10)11-4-6-12(17)7-5-11/h4-7,10,13-14H,8-9H2,1-3H3/t10-,13+/m1/s1. The quantitative estimate of drug-likeness (QED) is 0.855. The normalized spacial score (nSPS) is 23.0. The number of halogens is 3. The van der Waals surface area contributed by atoms with Gasteiger partial charge in [-0.2, -0.15) is 0 Å². The number of carbonyl (C=O) groups is 1. The van der Waals surface area contributed by atoms with Crippen LogP contribution in [0.4, 0.5) is 13.2 Å². The molecule has 1 amide bonds. The smallest absolute Gasteiger partial charge is 0.252 e. The molecule has 2 atom stereocenters. The number of hydrogen-bond acceptors (Lipinski definition) is 2. The first-order chi connectivity index (χ1) is 10.2. The van der Waals surface area contributed by atoms with Crippen molar-refractivity contribution in [1.29, 1.82) is 0 Å². The van der Waals surface area contributed by atoms with Gasteiger partial charge in [0.1, 0.15) is 17.3 Å². The summed E-state index contributed by atoms with van der Waals surface area (Å²) in [6.07, 6.45) is -3.45. The van der Waals surface area contributed by atoms with Gasteiger partial charge in [0.25, 0.3) is 6.43 Å². The summed E-state index contributed by atoms with van der Waals surface area (Å²) in [5, 5.41) is 0. The summed E-state index contributed by atoms with van der Waals surface area (Å²) in [6, 6.07) is 5.79. The summed E-state index contributed by atoms with van der Waals surface area (Å²) in [5.74, 6) is -0.955. The van der Waals surface area contributed by atoms with E-state index >= 15 is 0 Å². The Labute approximate surface area is 128 Å². The Morgan fingerprint density at radius 3 is 2.41 bits per heavy atom. The molecule has 2 rings (SSSR count). The van der Waals surface area contributed by atoms with Crippen molar-refractivity contribution in [3.8, 4) is 0 Å². The Hall–Kier alpha value is -1.56. The number of carbonyl (C=O) groups excluding carboxylic acids is 1. The van der Waals surface area contributed by atoms with Crippen LogP contribution in [0.2, 0.25) is 0 Å². The molecule has 0 unspecified atom stereocenters. The molecule has 6 heteroatoms. The molecule has 0 saturated carbocycles. The van der Waals surface area contributed by atoms with E-state index in [1.807, 2.05) is 0 Å². The molecule has 0 radical (unpaired) electrons. The molecule has 1 fully saturated rings. The van der Waals surface area contributed by atoms with E-state index in [-0.39, 0.29) is 25.0 Å². The number of nitrogens with zero attached hydrogens (tertiary/aromatic N) is 1. The lowest BCUT2D eigenvalue weighted by molar-refractivity contribution is -0.161. The molecular weight excluding hydrogens is 295 g/mol. The Bertz CT molecular complexity index is 531. The Balaban J connectivity index is 2.17. The zero-order chi connectivity index (χ0) is 16.5. The number of amides is 1. The van der Waals surface area contributed by atoms with Crippen LogP contribution >= 0.6 is 0 Å². The van der Waals surface area contributed by atoms with Gasteiger partial charge in [0.15, 0.2) is 0 Å². The lowest BCUT2D eigenvalue weighted by Crippen LogP contribution is -2.52. The molecule has 0 spiro atoms. The molecule has 1 heterocycles. The van der Waals surface area contributed by atoms with Gasteiger partial charge >= 0.3 is 0 Å². The largest absolute Gasteiger partial charge is 0.367 e. The summed E-state index contributed by atoms with van der Waals surface area (Å²) in [4.78, 5) is 13.8. The average Bonchev–Trinajstić information content (AvgIpc) is 2.46. The lowest BCUT2D eigenvalue weighted by atomic mass is 9.91. The zero-order valence-electron chi connectivity index (χ0n) is 12.9. The fourth-order valence-corrected chi connectivity index (χ4v) is 2.48. The maximum absolute atomic E-state index is 13.1. The van der Waals surface area contributed by atoms with E-state index in [0.717, 1.165) is 5.56 Å². The van der Waals surface area contributed by atoms with Crippen LogP contribution in [0.3, 0.4) is 0 Å². The molecular formula is C16H20F3NO2. The number of rotatable bonds is 3. The molecule has 1 aliphatic rings. The third-order valence-corrected chi connectivity index (χ3v) is 3.89. The first-order valence-corrected chi connectivity index (χ1v) is 7.20. The molecule has 0 N–H and O–H groups in total. The second-order valence-corrected chi connectivity index (χ2v) is 6.22. The van der Waals surface area contributed by atoms with E-state index < -0.39 is 23.9 Å². The molecule has 1 aromatic rings. The number of ether oxygens (including phenoxy) is 1. The predicted molar refractivity (Wildman–Crippen MR) is 76.1 cm³/mol. The molecule has 122 valence electrons. The summed E-state index contributed by atoms with van der Waals surface area (Å²) in [6.45, 7) is 4.73. The SMILES string of the molecule is C[C@@H]1CN(C(=O)C(C)(C)C(F)F)C[C@@H](c2ccc(F)cc2)O1. The van der Waals surface area contributed by atoms with Gasteiger partial charge in [-0.15, -0.1) is 0 Å². The van der Waals surface area contributed by atoms with Gasteiger partial charge < -0.3 is 9.64 Å². The van der Waals surface area contributed by atoms with Crippen molar-refractivity contribution in [2.45, 2.75) is 39.4 Å². The third-order valence-electron chi connectivity index (χ3n) is 3.89. The van der Waals surface area contributed by atoms with E-state index in [9.17, 15) is 18.0 Å². The van der Waals surface area contributed by atoms with E-state index in [4.69, 9.17) is 4.74 Å². The number of benzene rings is 1. The average molecular weight is 315 g/mol. The minimum Gasteiger partial charge on any atom is -0.367 e. The van der Waals surface area contributed by atoms with Crippen molar-refractivity contribution in [1.82, 2.24) is 4.90 Å². The fourth-order valence-electron chi connectivity index (χ4n) is 2.48. The van der Waals surface area contributed by atoms with E-state index in [1.165, 1.54) is 30.9 Å². The molecule has 0 aromatic heterocycles. The Morgan fingerprint density at radius 2 is 1.86 bits per heavy atom. The van der Waals surface area contributed by atoms with Gasteiger partial charge in [-0.1, -0.05) is 12.1 Å². The molecule has 3 nitrogen and oxygen atoms in total. The first-order valence-electron chi connectivity index (χ1n) is 7.20. The molecule has 0 aliphatic carbocycles. The summed E-state index contributed by atoms with van der Waals surface area (Å²) in [7, 11) is 0. The van der Waals surface area contributed by atoms with Gasteiger partial charge in [0.2, 0.25) is 5.91 Å². The first kappa shape index (κ1) is 16.8. The summed E-state index contributed by atoms with van der Waals surface area (Å²) in [5.41, 5.74) is -1.01. The van der Waals surface area contributed by atoms with Crippen LogP contribution in [-0.2, 0) is 9.53 Å². The number of morpholine rings is 1. The number of alkyl halides is 2. The zero-order valence-corrected chi connectivity index (χ0v) is 12.9. The maximum atomic E-state index is 13.1. The van der Waals surface area contributed by atoms with Crippen LogP contribution in [0.1, 0.15) is 32.4 Å². The van der Waals surface area contributed by atoms with E-state index in [1.54, 1.807) is 19.1 Å². The van der Waals surface area contributed by atoms with Crippen molar-refractivity contribution in [3.05, 3.63) is 35.6 Å². The van der Waals surface area contributed by atoms with Gasteiger partial charge in [-0.05, 0) is 38.5 Å². The van der Waals surface area contributed by atoms with Crippen molar-refractivity contribution in [2.75, 3.05) is 13.1 Å². The van der Waals surface area contributed by atoms with Crippen LogP contribution in [-0.4, -0.2) is 36.4 Å². The van der Waals surface area contributed by atoms with Crippen molar-refractivity contribution < 1.29 is 22.7 Å². The van der Waals surface area contributed by atoms with Gasteiger partial charge in [-0.3, -0.25) is 4.79 Å². The number of hydrogen-bond donors (Lipinski definition) is 0.